The van der Waals surface area contributed by atoms with E-state index in [2.05, 4.69) is 11.4 Å². The van der Waals surface area contributed by atoms with E-state index in [1.807, 2.05) is 25.1 Å². The van der Waals surface area contributed by atoms with Gasteiger partial charge in [0.15, 0.2) is 0 Å². The van der Waals surface area contributed by atoms with Crippen molar-refractivity contribution in [3.63, 3.8) is 0 Å². The van der Waals surface area contributed by atoms with Crippen LogP contribution in [0.4, 0.5) is 0 Å². The molecule has 0 radical (unpaired) electrons. The molecule has 0 bridgehead atoms. The summed E-state index contributed by atoms with van der Waals surface area (Å²) in [5.41, 5.74) is 1.71. The van der Waals surface area contributed by atoms with Gasteiger partial charge in [-0.15, -0.1) is 0 Å². The van der Waals surface area contributed by atoms with E-state index in [-0.39, 0.29) is 18.2 Å². The quantitative estimate of drug-likeness (QED) is 0.882. The molecule has 1 saturated carbocycles. The van der Waals surface area contributed by atoms with E-state index in [0.29, 0.717) is 5.76 Å². The lowest BCUT2D eigenvalue weighted by atomic mass is 9.77. The van der Waals surface area contributed by atoms with Crippen molar-refractivity contribution in [2.24, 2.45) is 0 Å². The summed E-state index contributed by atoms with van der Waals surface area (Å²) in [4.78, 5) is 23.8. The Morgan fingerprint density at radius 2 is 1.96 bits per heavy atom. The minimum absolute atomic E-state index is 0.0149. The summed E-state index contributed by atoms with van der Waals surface area (Å²) in [6.07, 6.45) is 3.73. The molecular weight excluding hydrogens is 306 g/mol. The molecule has 126 valence electrons. The van der Waals surface area contributed by atoms with Crippen LogP contribution in [0.1, 0.15) is 53.1 Å². The standard InChI is InChI=1S/C19H21NO4/c1-13-5-4-6-14(11-13)19(9-2-3-10-19)18(23)20-12-15-7-8-16(24-15)17(21)22/h4-8,11H,2-3,9-10,12H2,1H3,(H,20,23)(H,21,22). The second-order valence-corrected chi connectivity index (χ2v) is 6.41. The molecule has 5 heteroatoms. The number of rotatable bonds is 5. The molecular formula is C19H21NO4. The van der Waals surface area contributed by atoms with Gasteiger partial charge >= 0.3 is 5.97 Å². The number of aryl methyl sites for hydroxylation is 1. The number of carbonyl (C=O) groups excluding carboxylic acids is 1. The Bertz CT molecular complexity index is 756. The first-order valence-corrected chi connectivity index (χ1v) is 8.19. The van der Waals surface area contributed by atoms with E-state index < -0.39 is 11.4 Å². The minimum Gasteiger partial charge on any atom is -0.475 e. The van der Waals surface area contributed by atoms with Crippen LogP contribution in [0.15, 0.2) is 40.8 Å². The Kier molecular flexibility index (Phi) is 4.42. The number of benzene rings is 1. The molecule has 2 N–H and O–H groups in total. The average molecular weight is 327 g/mol. The molecule has 1 fully saturated rings. The number of carbonyl (C=O) groups is 2. The first kappa shape index (κ1) is 16.3. The fraction of sp³-hybridized carbons (Fsp3) is 0.368. The molecule has 1 aromatic carbocycles. The zero-order valence-electron chi connectivity index (χ0n) is 13.7. The molecule has 2 aromatic rings. The van der Waals surface area contributed by atoms with Crippen LogP contribution in [0.5, 0.6) is 0 Å². The van der Waals surface area contributed by atoms with E-state index in [4.69, 9.17) is 9.52 Å². The van der Waals surface area contributed by atoms with Gasteiger partial charge in [0.25, 0.3) is 0 Å². The van der Waals surface area contributed by atoms with Crippen LogP contribution in [0.25, 0.3) is 0 Å². The van der Waals surface area contributed by atoms with Crippen LogP contribution in [0.2, 0.25) is 0 Å². The first-order chi connectivity index (χ1) is 11.5. The monoisotopic (exact) mass is 327 g/mol. The molecule has 1 aliphatic rings. The second-order valence-electron chi connectivity index (χ2n) is 6.41. The molecule has 0 saturated heterocycles. The maximum atomic E-state index is 12.9. The van der Waals surface area contributed by atoms with Crippen molar-refractivity contribution < 1.29 is 19.1 Å². The van der Waals surface area contributed by atoms with Gasteiger partial charge in [-0.1, -0.05) is 42.7 Å². The van der Waals surface area contributed by atoms with Crippen molar-refractivity contribution in [2.45, 2.75) is 44.6 Å². The van der Waals surface area contributed by atoms with Crippen LogP contribution in [0.3, 0.4) is 0 Å². The molecule has 0 unspecified atom stereocenters. The number of amides is 1. The normalized spacial score (nSPS) is 16.0. The zero-order chi connectivity index (χ0) is 17.2. The summed E-state index contributed by atoms with van der Waals surface area (Å²) < 4.78 is 5.20. The van der Waals surface area contributed by atoms with Gasteiger partial charge in [0.2, 0.25) is 11.7 Å². The topological polar surface area (TPSA) is 79.5 Å². The number of furan rings is 1. The van der Waals surface area contributed by atoms with Gasteiger partial charge in [0.1, 0.15) is 5.76 Å². The summed E-state index contributed by atoms with van der Waals surface area (Å²) in [6, 6.07) is 11.1. The van der Waals surface area contributed by atoms with Gasteiger partial charge in [0.05, 0.1) is 12.0 Å². The van der Waals surface area contributed by atoms with Gasteiger partial charge in [-0.3, -0.25) is 4.79 Å². The number of carboxylic acids is 1. The molecule has 0 aliphatic heterocycles. The third-order valence-corrected chi connectivity index (χ3v) is 4.76. The minimum atomic E-state index is -1.11. The molecule has 3 rings (SSSR count). The SMILES string of the molecule is Cc1cccc(C2(C(=O)NCc3ccc(C(=O)O)o3)CCCC2)c1. The summed E-state index contributed by atoms with van der Waals surface area (Å²) in [5.74, 6) is -0.801. The highest BCUT2D eigenvalue weighted by Gasteiger charge is 2.42. The zero-order valence-corrected chi connectivity index (χ0v) is 13.7. The molecule has 0 spiro atoms. The van der Waals surface area contributed by atoms with Crippen molar-refractivity contribution in [3.05, 3.63) is 59.0 Å². The van der Waals surface area contributed by atoms with Crippen molar-refractivity contribution in [3.8, 4) is 0 Å². The van der Waals surface area contributed by atoms with Gasteiger partial charge in [-0.2, -0.15) is 0 Å². The van der Waals surface area contributed by atoms with E-state index >= 15 is 0 Å². The molecule has 1 amide bonds. The fourth-order valence-electron chi connectivity index (χ4n) is 3.49. The van der Waals surface area contributed by atoms with E-state index in [1.54, 1.807) is 6.07 Å². The average Bonchev–Trinajstić information content (AvgIpc) is 3.23. The maximum absolute atomic E-state index is 12.9. The van der Waals surface area contributed by atoms with Crippen molar-refractivity contribution in [2.75, 3.05) is 0 Å². The molecule has 1 aromatic heterocycles. The van der Waals surface area contributed by atoms with Crippen molar-refractivity contribution >= 4 is 11.9 Å². The number of nitrogens with one attached hydrogen (secondary N) is 1. The third-order valence-electron chi connectivity index (χ3n) is 4.76. The van der Waals surface area contributed by atoms with Gasteiger partial charge in [0, 0.05) is 0 Å². The Balaban J connectivity index is 1.76. The lowest BCUT2D eigenvalue weighted by Gasteiger charge is -2.28. The van der Waals surface area contributed by atoms with Crippen LogP contribution in [-0.4, -0.2) is 17.0 Å². The Morgan fingerprint density at radius 3 is 2.58 bits per heavy atom. The highest BCUT2D eigenvalue weighted by molar-refractivity contribution is 5.88. The molecule has 5 nitrogen and oxygen atoms in total. The number of hydrogen-bond acceptors (Lipinski definition) is 3. The molecule has 24 heavy (non-hydrogen) atoms. The summed E-state index contributed by atoms with van der Waals surface area (Å²) in [6.45, 7) is 2.22. The van der Waals surface area contributed by atoms with Gasteiger partial charge in [-0.05, 0) is 37.5 Å². The summed E-state index contributed by atoms with van der Waals surface area (Å²) in [5, 5.41) is 11.8. The second kappa shape index (κ2) is 6.51. The number of hydrogen-bond donors (Lipinski definition) is 2. The fourth-order valence-corrected chi connectivity index (χ4v) is 3.49. The van der Waals surface area contributed by atoms with E-state index in [0.717, 1.165) is 36.8 Å². The predicted molar refractivity (Wildman–Crippen MR) is 88.8 cm³/mol. The van der Waals surface area contributed by atoms with E-state index in [1.165, 1.54) is 6.07 Å². The Hall–Kier alpha value is -2.56. The predicted octanol–water partition coefficient (Wildman–Crippen LogP) is 3.41. The van der Waals surface area contributed by atoms with Crippen molar-refractivity contribution in [1.29, 1.82) is 0 Å². The van der Waals surface area contributed by atoms with Crippen LogP contribution in [-0.2, 0) is 16.8 Å². The number of aromatic carboxylic acids is 1. The largest absolute Gasteiger partial charge is 0.475 e. The number of carboxylic acid groups (broad SMARTS) is 1. The third kappa shape index (κ3) is 3.07. The Morgan fingerprint density at radius 1 is 1.21 bits per heavy atom. The van der Waals surface area contributed by atoms with Crippen LogP contribution >= 0.6 is 0 Å². The first-order valence-electron chi connectivity index (χ1n) is 8.19. The molecule has 1 aliphatic carbocycles. The summed E-state index contributed by atoms with van der Waals surface area (Å²) in [7, 11) is 0. The van der Waals surface area contributed by atoms with Crippen LogP contribution < -0.4 is 5.32 Å². The molecule has 0 atom stereocenters. The van der Waals surface area contributed by atoms with E-state index in [9.17, 15) is 9.59 Å². The van der Waals surface area contributed by atoms with Gasteiger partial charge < -0.3 is 14.8 Å². The smallest absolute Gasteiger partial charge is 0.371 e. The lowest BCUT2D eigenvalue weighted by Crippen LogP contribution is -2.42. The Labute approximate surface area is 140 Å². The molecule has 1 heterocycles. The highest BCUT2D eigenvalue weighted by atomic mass is 16.4. The highest BCUT2D eigenvalue weighted by Crippen LogP contribution is 2.41. The van der Waals surface area contributed by atoms with Crippen molar-refractivity contribution in [1.82, 2.24) is 5.32 Å². The maximum Gasteiger partial charge on any atom is 0.371 e. The lowest BCUT2D eigenvalue weighted by molar-refractivity contribution is -0.126. The van der Waals surface area contributed by atoms with Crippen LogP contribution in [0, 0.1) is 6.92 Å². The van der Waals surface area contributed by atoms with Gasteiger partial charge in [-0.25, -0.2) is 4.79 Å². The summed E-state index contributed by atoms with van der Waals surface area (Å²) >= 11 is 0.